The SMILES string of the molecule is CB1N(C)c2ccc[n+](C)c2N1c1ccccc1C. The summed E-state index contributed by atoms with van der Waals surface area (Å²) in [4.78, 5) is 4.73. The minimum Gasteiger partial charge on any atom is -0.371 e. The van der Waals surface area contributed by atoms with Crippen molar-refractivity contribution in [1.29, 1.82) is 0 Å². The Labute approximate surface area is 115 Å². The summed E-state index contributed by atoms with van der Waals surface area (Å²) >= 11 is 0. The molecule has 1 aromatic heterocycles. The van der Waals surface area contributed by atoms with Crippen molar-refractivity contribution in [2.75, 3.05) is 16.7 Å². The van der Waals surface area contributed by atoms with Crippen molar-refractivity contribution in [1.82, 2.24) is 0 Å². The van der Waals surface area contributed by atoms with Gasteiger partial charge in [-0.2, -0.15) is 0 Å². The van der Waals surface area contributed by atoms with E-state index in [1.165, 1.54) is 22.8 Å². The number of nitrogens with zero attached hydrogens (tertiary/aromatic N) is 3. The highest BCUT2D eigenvalue weighted by atomic mass is 15.3. The van der Waals surface area contributed by atoms with Gasteiger partial charge < -0.3 is 4.81 Å². The summed E-state index contributed by atoms with van der Waals surface area (Å²) in [6.45, 7) is 4.74. The van der Waals surface area contributed by atoms with Gasteiger partial charge in [0.25, 0.3) is 5.82 Å². The lowest BCUT2D eigenvalue weighted by atomic mass is 9.76. The van der Waals surface area contributed by atoms with Crippen LogP contribution in [0.15, 0.2) is 42.6 Å². The van der Waals surface area contributed by atoms with Gasteiger partial charge in [-0.25, -0.2) is 4.57 Å². The second kappa shape index (κ2) is 4.30. The van der Waals surface area contributed by atoms with Crippen molar-refractivity contribution in [2.24, 2.45) is 7.05 Å². The summed E-state index contributed by atoms with van der Waals surface area (Å²) in [7, 11) is 4.26. The second-order valence-electron chi connectivity index (χ2n) is 5.23. The molecule has 1 aliphatic rings. The van der Waals surface area contributed by atoms with Gasteiger partial charge in [0.05, 0.1) is 13.2 Å². The lowest BCUT2D eigenvalue weighted by Crippen LogP contribution is -2.44. The number of aromatic nitrogens is 1. The van der Waals surface area contributed by atoms with Crippen LogP contribution in [0.25, 0.3) is 0 Å². The Hall–Kier alpha value is -1.97. The molecule has 1 aromatic carbocycles. The highest BCUT2D eigenvalue weighted by Crippen LogP contribution is 2.39. The summed E-state index contributed by atoms with van der Waals surface area (Å²) in [5, 5.41) is 0. The molecule has 0 aliphatic carbocycles. The number of anilines is 3. The van der Waals surface area contributed by atoms with Crippen LogP contribution < -0.4 is 14.2 Å². The van der Waals surface area contributed by atoms with Crippen LogP contribution in [-0.2, 0) is 7.05 Å². The molecular formula is C15H19BN3+. The minimum atomic E-state index is 0.324. The first-order valence-electron chi connectivity index (χ1n) is 6.67. The molecule has 0 atom stereocenters. The Balaban J connectivity index is 2.22. The Morgan fingerprint density at radius 2 is 1.74 bits per heavy atom. The molecule has 0 spiro atoms. The van der Waals surface area contributed by atoms with E-state index in [4.69, 9.17) is 0 Å². The molecule has 3 nitrogen and oxygen atoms in total. The van der Waals surface area contributed by atoms with Crippen LogP contribution in [0.5, 0.6) is 0 Å². The second-order valence-corrected chi connectivity index (χ2v) is 5.23. The highest BCUT2D eigenvalue weighted by Gasteiger charge is 2.45. The van der Waals surface area contributed by atoms with Gasteiger partial charge >= 0.3 is 6.98 Å². The van der Waals surface area contributed by atoms with Gasteiger partial charge in [0.1, 0.15) is 11.4 Å². The molecule has 2 aromatic rings. The van der Waals surface area contributed by atoms with Crippen molar-refractivity contribution < 1.29 is 4.57 Å². The van der Waals surface area contributed by atoms with Crippen LogP contribution in [0.1, 0.15) is 5.56 Å². The van der Waals surface area contributed by atoms with Crippen LogP contribution in [0.4, 0.5) is 17.2 Å². The van der Waals surface area contributed by atoms with E-state index >= 15 is 0 Å². The molecule has 4 heteroatoms. The fourth-order valence-corrected chi connectivity index (χ4v) is 2.86. The predicted molar refractivity (Wildman–Crippen MR) is 81.0 cm³/mol. The number of hydrogen-bond acceptors (Lipinski definition) is 2. The predicted octanol–water partition coefficient (Wildman–Crippen LogP) is 2.53. The summed E-state index contributed by atoms with van der Waals surface area (Å²) in [5.41, 5.74) is 3.86. The molecule has 0 saturated heterocycles. The van der Waals surface area contributed by atoms with E-state index < -0.39 is 0 Å². The number of rotatable bonds is 1. The largest absolute Gasteiger partial charge is 0.498 e. The van der Waals surface area contributed by atoms with Gasteiger partial charge in [0, 0.05) is 0 Å². The molecule has 3 rings (SSSR count). The average Bonchev–Trinajstić information content (AvgIpc) is 2.65. The fourth-order valence-electron chi connectivity index (χ4n) is 2.86. The third-order valence-corrected chi connectivity index (χ3v) is 4.04. The highest BCUT2D eigenvalue weighted by molar-refractivity contribution is 6.70. The Morgan fingerprint density at radius 1 is 1.05 bits per heavy atom. The van der Waals surface area contributed by atoms with E-state index in [1.807, 2.05) is 0 Å². The van der Waals surface area contributed by atoms with Crippen LogP contribution in [0.2, 0.25) is 6.82 Å². The summed E-state index contributed by atoms with van der Waals surface area (Å²) in [5.74, 6) is 1.26. The zero-order valence-corrected chi connectivity index (χ0v) is 12.0. The monoisotopic (exact) mass is 252 g/mol. The Morgan fingerprint density at radius 3 is 2.47 bits per heavy atom. The van der Waals surface area contributed by atoms with Gasteiger partial charge in [-0.15, -0.1) is 0 Å². The number of para-hydroxylation sites is 1. The average molecular weight is 252 g/mol. The van der Waals surface area contributed by atoms with Crippen LogP contribution in [-0.4, -0.2) is 14.0 Å². The number of pyridine rings is 1. The number of benzene rings is 1. The first-order chi connectivity index (χ1) is 9.11. The third kappa shape index (κ3) is 1.71. The maximum absolute atomic E-state index is 2.41. The van der Waals surface area contributed by atoms with E-state index in [0.29, 0.717) is 6.98 Å². The molecule has 0 fully saturated rings. The number of fused-ring (bicyclic) bond motifs is 1. The molecule has 0 N–H and O–H groups in total. The lowest BCUT2D eigenvalue weighted by Gasteiger charge is -2.19. The standard InChI is InChI=1S/C15H19BN3/c1-12-8-5-6-9-13(12)19-15-14(18(4)16(19)2)10-7-11-17(15)3/h5-11H,1-4H3/q+1. The Bertz CT molecular complexity index is 627. The Kier molecular flexibility index (Phi) is 2.74. The molecule has 96 valence electrons. The van der Waals surface area contributed by atoms with Crippen LogP contribution in [0, 0.1) is 6.92 Å². The first kappa shape index (κ1) is 12.1. The molecule has 0 unspecified atom stereocenters. The molecule has 2 heterocycles. The van der Waals surface area contributed by atoms with Gasteiger partial charge in [-0.1, -0.05) is 18.2 Å². The summed E-state index contributed by atoms with van der Waals surface area (Å²) in [6.07, 6.45) is 2.11. The van der Waals surface area contributed by atoms with Gasteiger partial charge in [0.2, 0.25) is 0 Å². The number of hydrogen-bond donors (Lipinski definition) is 0. The van der Waals surface area contributed by atoms with E-state index in [1.54, 1.807) is 0 Å². The normalized spacial score (nSPS) is 14.0. The van der Waals surface area contributed by atoms with Crippen molar-refractivity contribution in [3.8, 4) is 0 Å². The molecule has 0 amide bonds. The number of aryl methyl sites for hydroxylation is 2. The van der Waals surface area contributed by atoms with Crippen LogP contribution >= 0.6 is 0 Å². The van der Waals surface area contributed by atoms with Crippen molar-refractivity contribution in [2.45, 2.75) is 13.7 Å². The van der Waals surface area contributed by atoms with Crippen molar-refractivity contribution in [3.05, 3.63) is 48.2 Å². The fraction of sp³-hybridized carbons (Fsp3) is 0.267. The topological polar surface area (TPSA) is 10.4 Å². The zero-order chi connectivity index (χ0) is 13.6. The maximum atomic E-state index is 2.41. The van der Waals surface area contributed by atoms with Crippen LogP contribution in [0.3, 0.4) is 0 Å². The van der Waals surface area contributed by atoms with Crippen molar-refractivity contribution in [3.63, 3.8) is 0 Å². The molecule has 19 heavy (non-hydrogen) atoms. The van der Waals surface area contributed by atoms with E-state index in [0.717, 1.165) is 0 Å². The minimum absolute atomic E-state index is 0.324. The molecule has 0 saturated carbocycles. The van der Waals surface area contributed by atoms with Crippen molar-refractivity contribution >= 4 is 24.2 Å². The molecular weight excluding hydrogens is 233 g/mol. The van der Waals surface area contributed by atoms with Gasteiger partial charge in [-0.05, 0) is 44.6 Å². The van der Waals surface area contributed by atoms with Gasteiger partial charge in [0.15, 0.2) is 0 Å². The maximum Gasteiger partial charge on any atom is 0.498 e. The third-order valence-electron chi connectivity index (χ3n) is 4.04. The quantitative estimate of drug-likeness (QED) is 0.570. The molecule has 0 bridgehead atoms. The smallest absolute Gasteiger partial charge is 0.371 e. The molecule has 0 radical (unpaired) electrons. The summed E-state index contributed by atoms with van der Waals surface area (Å²) in [6, 6.07) is 12.9. The van der Waals surface area contributed by atoms with Gasteiger partial charge in [-0.3, -0.25) is 4.81 Å². The summed E-state index contributed by atoms with van der Waals surface area (Å²) < 4.78 is 2.20. The van der Waals surface area contributed by atoms with E-state index in [9.17, 15) is 0 Å². The van der Waals surface area contributed by atoms with E-state index in [2.05, 4.69) is 84.6 Å². The zero-order valence-electron chi connectivity index (χ0n) is 12.0. The molecule has 1 aliphatic heterocycles. The van der Waals surface area contributed by atoms with E-state index in [-0.39, 0.29) is 0 Å². The lowest BCUT2D eigenvalue weighted by molar-refractivity contribution is -0.657. The first-order valence-corrected chi connectivity index (χ1v) is 6.67.